The molecule has 2 aromatic carbocycles. The SMILES string of the molecule is CCn1c(CSCc2ccc(F)cc2)nnc1SCC(=O)Nc1ccccc1F. The van der Waals surface area contributed by atoms with E-state index in [-0.39, 0.29) is 23.2 Å². The van der Waals surface area contributed by atoms with Crippen molar-refractivity contribution in [2.75, 3.05) is 11.1 Å². The molecule has 0 fully saturated rings. The van der Waals surface area contributed by atoms with E-state index in [9.17, 15) is 13.6 Å². The molecule has 29 heavy (non-hydrogen) atoms. The van der Waals surface area contributed by atoms with Crippen LogP contribution in [-0.4, -0.2) is 26.4 Å². The number of anilines is 1. The van der Waals surface area contributed by atoms with Crippen molar-refractivity contribution in [1.82, 2.24) is 14.8 Å². The third-order valence-electron chi connectivity index (χ3n) is 4.00. The minimum Gasteiger partial charge on any atom is -0.323 e. The molecule has 0 aliphatic rings. The molecule has 1 heterocycles. The molecule has 0 bridgehead atoms. The number of halogens is 2. The van der Waals surface area contributed by atoms with Gasteiger partial charge in [-0.3, -0.25) is 4.79 Å². The van der Waals surface area contributed by atoms with Gasteiger partial charge in [-0.1, -0.05) is 36.0 Å². The highest BCUT2D eigenvalue weighted by molar-refractivity contribution is 7.99. The molecular weight excluding hydrogens is 414 g/mol. The smallest absolute Gasteiger partial charge is 0.234 e. The minimum absolute atomic E-state index is 0.106. The highest BCUT2D eigenvalue weighted by Gasteiger charge is 2.14. The van der Waals surface area contributed by atoms with Crippen molar-refractivity contribution in [1.29, 1.82) is 0 Å². The number of hydrogen-bond acceptors (Lipinski definition) is 5. The van der Waals surface area contributed by atoms with Crippen molar-refractivity contribution in [3.05, 3.63) is 71.6 Å². The zero-order valence-corrected chi connectivity index (χ0v) is 17.4. The molecule has 0 aliphatic carbocycles. The van der Waals surface area contributed by atoms with Crippen LogP contribution in [0.4, 0.5) is 14.5 Å². The van der Waals surface area contributed by atoms with Gasteiger partial charge in [0.15, 0.2) is 5.16 Å². The largest absolute Gasteiger partial charge is 0.323 e. The lowest BCUT2D eigenvalue weighted by Crippen LogP contribution is -2.15. The highest BCUT2D eigenvalue weighted by atomic mass is 32.2. The van der Waals surface area contributed by atoms with Crippen LogP contribution >= 0.6 is 23.5 Å². The summed E-state index contributed by atoms with van der Waals surface area (Å²) in [4.78, 5) is 12.1. The van der Waals surface area contributed by atoms with Crippen molar-refractivity contribution in [2.24, 2.45) is 0 Å². The number of rotatable bonds is 9. The molecule has 0 unspecified atom stereocenters. The van der Waals surface area contributed by atoms with E-state index in [1.165, 1.54) is 36.0 Å². The van der Waals surface area contributed by atoms with Crippen LogP contribution in [-0.2, 0) is 22.8 Å². The molecule has 0 spiro atoms. The fourth-order valence-electron chi connectivity index (χ4n) is 2.57. The first-order valence-electron chi connectivity index (χ1n) is 8.98. The van der Waals surface area contributed by atoms with Gasteiger partial charge >= 0.3 is 0 Å². The Kier molecular flexibility index (Phi) is 7.65. The minimum atomic E-state index is -0.469. The standard InChI is InChI=1S/C20H20F2N4OS2/c1-2-26-18(12-28-11-14-7-9-15(21)10-8-14)24-25-20(26)29-13-19(27)23-17-6-4-3-5-16(17)22/h3-10H,2,11-13H2,1H3,(H,23,27). The molecule has 152 valence electrons. The van der Waals surface area contributed by atoms with Crippen molar-refractivity contribution < 1.29 is 13.6 Å². The summed E-state index contributed by atoms with van der Waals surface area (Å²) in [6.45, 7) is 2.66. The summed E-state index contributed by atoms with van der Waals surface area (Å²) in [6, 6.07) is 12.5. The first-order chi connectivity index (χ1) is 14.1. The van der Waals surface area contributed by atoms with Gasteiger partial charge in [0, 0.05) is 12.3 Å². The van der Waals surface area contributed by atoms with Crippen molar-refractivity contribution in [2.45, 2.75) is 30.1 Å². The van der Waals surface area contributed by atoms with E-state index in [1.807, 2.05) is 11.5 Å². The number of carbonyl (C=O) groups is 1. The fraction of sp³-hybridized carbons (Fsp3) is 0.250. The molecule has 1 amide bonds. The Bertz CT molecular complexity index is 963. The average Bonchev–Trinajstić information content (AvgIpc) is 3.11. The molecule has 1 N–H and O–H groups in total. The van der Waals surface area contributed by atoms with E-state index in [4.69, 9.17) is 0 Å². The number of aromatic nitrogens is 3. The molecule has 0 saturated carbocycles. The number of para-hydroxylation sites is 1. The maximum atomic E-state index is 13.6. The van der Waals surface area contributed by atoms with Gasteiger partial charge in [0.05, 0.1) is 17.2 Å². The molecule has 0 radical (unpaired) electrons. The van der Waals surface area contributed by atoms with Crippen molar-refractivity contribution in [3.8, 4) is 0 Å². The molecular formula is C20H20F2N4OS2. The van der Waals surface area contributed by atoms with Gasteiger partial charge in [-0.2, -0.15) is 0 Å². The van der Waals surface area contributed by atoms with E-state index >= 15 is 0 Å². The Morgan fingerprint density at radius 1 is 1.07 bits per heavy atom. The third kappa shape index (κ3) is 6.04. The number of nitrogens with one attached hydrogen (secondary N) is 1. The predicted octanol–water partition coefficient (Wildman–Crippen LogP) is 4.74. The molecule has 3 aromatic rings. The Morgan fingerprint density at radius 3 is 2.55 bits per heavy atom. The summed E-state index contributed by atoms with van der Waals surface area (Å²) in [5.74, 6) is 1.29. The molecule has 0 aliphatic heterocycles. The van der Waals surface area contributed by atoms with E-state index in [2.05, 4.69) is 15.5 Å². The zero-order valence-electron chi connectivity index (χ0n) is 15.8. The monoisotopic (exact) mass is 434 g/mol. The quantitative estimate of drug-likeness (QED) is 0.493. The fourth-order valence-corrected chi connectivity index (χ4v) is 4.32. The first-order valence-corrected chi connectivity index (χ1v) is 11.1. The van der Waals surface area contributed by atoms with E-state index in [0.717, 1.165) is 17.1 Å². The van der Waals surface area contributed by atoms with Crippen LogP contribution in [0.25, 0.3) is 0 Å². The second-order valence-electron chi connectivity index (χ2n) is 6.08. The topological polar surface area (TPSA) is 59.8 Å². The van der Waals surface area contributed by atoms with E-state index < -0.39 is 5.82 Å². The molecule has 9 heteroatoms. The molecule has 0 atom stereocenters. The molecule has 1 aromatic heterocycles. The Labute approximate surface area is 176 Å². The summed E-state index contributed by atoms with van der Waals surface area (Å²) in [5.41, 5.74) is 1.20. The number of hydrogen-bond donors (Lipinski definition) is 1. The second kappa shape index (κ2) is 10.4. The van der Waals surface area contributed by atoms with Crippen LogP contribution in [0.1, 0.15) is 18.3 Å². The van der Waals surface area contributed by atoms with Crippen LogP contribution < -0.4 is 5.32 Å². The Hall–Kier alpha value is -2.39. The van der Waals surface area contributed by atoms with Gasteiger partial charge in [0.25, 0.3) is 0 Å². The van der Waals surface area contributed by atoms with Crippen LogP contribution in [0.2, 0.25) is 0 Å². The number of carbonyl (C=O) groups excluding carboxylic acids is 1. The van der Waals surface area contributed by atoms with Crippen LogP contribution in [0, 0.1) is 11.6 Å². The van der Waals surface area contributed by atoms with Gasteiger partial charge in [-0.15, -0.1) is 22.0 Å². The highest BCUT2D eigenvalue weighted by Crippen LogP contribution is 2.22. The molecule has 0 saturated heterocycles. The summed E-state index contributed by atoms with van der Waals surface area (Å²) in [7, 11) is 0. The first kappa shape index (κ1) is 21.3. The summed E-state index contributed by atoms with van der Waals surface area (Å²) < 4.78 is 28.6. The lowest BCUT2D eigenvalue weighted by Gasteiger charge is -2.08. The maximum Gasteiger partial charge on any atom is 0.234 e. The predicted molar refractivity (Wildman–Crippen MR) is 113 cm³/mol. The number of amides is 1. The average molecular weight is 435 g/mol. The Morgan fingerprint density at radius 2 is 1.83 bits per heavy atom. The van der Waals surface area contributed by atoms with Crippen molar-refractivity contribution in [3.63, 3.8) is 0 Å². The number of benzene rings is 2. The van der Waals surface area contributed by atoms with Crippen LogP contribution in [0.15, 0.2) is 53.7 Å². The third-order valence-corrected chi connectivity index (χ3v) is 5.97. The summed E-state index contributed by atoms with van der Waals surface area (Å²) in [5, 5.41) is 11.6. The maximum absolute atomic E-state index is 13.6. The molecule has 3 rings (SSSR count). The zero-order chi connectivity index (χ0) is 20.6. The van der Waals surface area contributed by atoms with Gasteiger partial charge in [0.2, 0.25) is 5.91 Å². The number of thioether (sulfide) groups is 2. The lowest BCUT2D eigenvalue weighted by atomic mass is 10.2. The molecule has 5 nitrogen and oxygen atoms in total. The normalized spacial score (nSPS) is 10.9. The van der Waals surface area contributed by atoms with E-state index in [0.29, 0.717) is 17.5 Å². The van der Waals surface area contributed by atoms with Gasteiger partial charge in [0.1, 0.15) is 17.5 Å². The Balaban J connectivity index is 1.52. The second-order valence-corrected chi connectivity index (χ2v) is 8.01. The van der Waals surface area contributed by atoms with Gasteiger partial charge in [-0.05, 0) is 36.8 Å². The summed E-state index contributed by atoms with van der Waals surface area (Å²) >= 11 is 2.92. The van der Waals surface area contributed by atoms with E-state index in [1.54, 1.807) is 36.0 Å². The van der Waals surface area contributed by atoms with Gasteiger partial charge in [-0.25, -0.2) is 8.78 Å². The number of nitrogens with zero attached hydrogens (tertiary/aromatic N) is 3. The van der Waals surface area contributed by atoms with Crippen LogP contribution in [0.3, 0.4) is 0 Å². The van der Waals surface area contributed by atoms with Crippen molar-refractivity contribution >= 4 is 35.1 Å². The van der Waals surface area contributed by atoms with Crippen LogP contribution in [0.5, 0.6) is 0 Å². The summed E-state index contributed by atoms with van der Waals surface area (Å²) in [6.07, 6.45) is 0. The lowest BCUT2D eigenvalue weighted by molar-refractivity contribution is -0.113. The van der Waals surface area contributed by atoms with Gasteiger partial charge < -0.3 is 9.88 Å².